The molecule has 0 heterocycles. The van der Waals surface area contributed by atoms with Crippen molar-refractivity contribution in [3.05, 3.63) is 29.8 Å². The molecule has 1 aliphatic rings. The second-order valence-electron chi connectivity index (χ2n) is 5.13. The molecule has 1 aromatic rings. The summed E-state index contributed by atoms with van der Waals surface area (Å²) in [4.78, 5) is 0.391. The monoisotopic (exact) mass is 282 g/mol. The van der Waals surface area contributed by atoms with Crippen molar-refractivity contribution in [3.8, 4) is 0 Å². The van der Waals surface area contributed by atoms with Crippen LogP contribution >= 0.6 is 0 Å². The largest absolute Gasteiger partial charge is 0.316 e. The summed E-state index contributed by atoms with van der Waals surface area (Å²) >= 11 is 0. The van der Waals surface area contributed by atoms with Crippen LogP contribution in [0.4, 0.5) is 0 Å². The molecule has 0 atom stereocenters. The number of nitrogens with one attached hydrogen (secondary N) is 1. The van der Waals surface area contributed by atoms with Gasteiger partial charge in [-0.25, -0.2) is 8.42 Å². The van der Waals surface area contributed by atoms with E-state index in [-0.39, 0.29) is 6.04 Å². The number of sulfonamides is 1. The fourth-order valence-corrected chi connectivity index (χ4v) is 4.03. The zero-order valence-corrected chi connectivity index (χ0v) is 12.4. The Morgan fingerprint density at radius 1 is 1.21 bits per heavy atom. The Balaban J connectivity index is 2.18. The highest BCUT2D eigenvalue weighted by Gasteiger charge is 2.29. The van der Waals surface area contributed by atoms with Crippen LogP contribution in [0.5, 0.6) is 0 Å². The minimum Gasteiger partial charge on any atom is -0.316 e. The third-order valence-electron chi connectivity index (χ3n) is 3.82. The van der Waals surface area contributed by atoms with Gasteiger partial charge in [-0.15, -0.1) is 0 Å². The predicted octanol–water partition coefficient (Wildman–Crippen LogP) is 1.97. The van der Waals surface area contributed by atoms with Crippen molar-refractivity contribution in [2.75, 3.05) is 14.1 Å². The smallest absolute Gasteiger partial charge is 0.243 e. The number of benzene rings is 1. The van der Waals surface area contributed by atoms with Crippen LogP contribution < -0.4 is 5.32 Å². The second-order valence-corrected chi connectivity index (χ2v) is 7.13. The van der Waals surface area contributed by atoms with Crippen LogP contribution in [-0.2, 0) is 16.6 Å². The maximum Gasteiger partial charge on any atom is 0.243 e. The van der Waals surface area contributed by atoms with Gasteiger partial charge in [0.2, 0.25) is 10.0 Å². The Labute approximate surface area is 115 Å². The van der Waals surface area contributed by atoms with E-state index in [1.54, 1.807) is 23.5 Å². The van der Waals surface area contributed by atoms with E-state index in [0.717, 1.165) is 37.8 Å². The van der Waals surface area contributed by atoms with Gasteiger partial charge in [0.15, 0.2) is 0 Å². The van der Waals surface area contributed by atoms with Crippen molar-refractivity contribution in [1.29, 1.82) is 0 Å². The topological polar surface area (TPSA) is 49.4 Å². The molecule has 1 aromatic carbocycles. The van der Waals surface area contributed by atoms with Crippen molar-refractivity contribution >= 4 is 10.0 Å². The van der Waals surface area contributed by atoms with E-state index in [4.69, 9.17) is 0 Å². The molecule has 0 bridgehead atoms. The van der Waals surface area contributed by atoms with E-state index in [1.807, 2.05) is 19.2 Å². The minimum atomic E-state index is -3.34. The van der Waals surface area contributed by atoms with Crippen molar-refractivity contribution in [2.24, 2.45) is 0 Å². The van der Waals surface area contributed by atoms with Gasteiger partial charge in [0.05, 0.1) is 4.90 Å². The van der Waals surface area contributed by atoms with Gasteiger partial charge in [0.25, 0.3) is 0 Å². The lowest BCUT2D eigenvalue weighted by Crippen LogP contribution is -2.35. The molecule has 5 heteroatoms. The number of hydrogen-bond donors (Lipinski definition) is 1. The maximum atomic E-state index is 12.5. The molecule has 1 saturated carbocycles. The van der Waals surface area contributed by atoms with E-state index in [0.29, 0.717) is 4.90 Å². The Bertz CT molecular complexity index is 505. The third-order valence-corrected chi connectivity index (χ3v) is 5.74. The lowest BCUT2D eigenvalue weighted by molar-refractivity contribution is 0.373. The highest BCUT2D eigenvalue weighted by atomic mass is 32.2. The highest BCUT2D eigenvalue weighted by Crippen LogP contribution is 2.27. The van der Waals surface area contributed by atoms with Gasteiger partial charge in [-0.05, 0) is 37.6 Å². The first-order valence-electron chi connectivity index (χ1n) is 6.77. The molecule has 0 amide bonds. The molecule has 1 N–H and O–H groups in total. The van der Waals surface area contributed by atoms with Crippen LogP contribution in [0.15, 0.2) is 29.2 Å². The Hall–Kier alpha value is -0.910. The standard InChI is InChI=1S/C14H22N2O2S/c1-15-11-12-7-9-14(10-8-12)19(17,18)16(2)13-5-3-4-6-13/h7-10,13,15H,3-6,11H2,1-2H3. The molecule has 1 fully saturated rings. The average Bonchev–Trinajstić information content (AvgIpc) is 2.92. The van der Waals surface area contributed by atoms with Gasteiger partial charge in [-0.2, -0.15) is 4.31 Å². The third kappa shape index (κ3) is 3.16. The van der Waals surface area contributed by atoms with Crippen LogP contribution in [0.3, 0.4) is 0 Å². The summed E-state index contributed by atoms with van der Waals surface area (Å²) in [5.74, 6) is 0. The summed E-state index contributed by atoms with van der Waals surface area (Å²) in [7, 11) is 0.234. The fourth-order valence-electron chi connectivity index (χ4n) is 2.61. The summed E-state index contributed by atoms with van der Waals surface area (Å²) < 4.78 is 26.5. The van der Waals surface area contributed by atoms with Gasteiger partial charge in [-0.1, -0.05) is 25.0 Å². The Kier molecular flexibility index (Phi) is 4.60. The first-order chi connectivity index (χ1) is 9.05. The Morgan fingerprint density at radius 2 is 1.79 bits per heavy atom. The van der Waals surface area contributed by atoms with Gasteiger partial charge < -0.3 is 5.32 Å². The second kappa shape index (κ2) is 6.03. The van der Waals surface area contributed by atoms with Crippen molar-refractivity contribution < 1.29 is 8.42 Å². The summed E-state index contributed by atoms with van der Waals surface area (Å²) in [5.41, 5.74) is 1.09. The molecular formula is C14H22N2O2S. The molecular weight excluding hydrogens is 260 g/mol. The van der Waals surface area contributed by atoms with Gasteiger partial charge in [-0.3, -0.25) is 0 Å². The molecule has 4 nitrogen and oxygen atoms in total. The van der Waals surface area contributed by atoms with E-state index in [9.17, 15) is 8.42 Å². The van der Waals surface area contributed by atoms with Crippen molar-refractivity contribution in [1.82, 2.24) is 9.62 Å². The molecule has 106 valence electrons. The zero-order chi connectivity index (χ0) is 13.9. The number of rotatable bonds is 5. The summed E-state index contributed by atoms with van der Waals surface area (Å²) in [6, 6.07) is 7.31. The fraction of sp³-hybridized carbons (Fsp3) is 0.571. The van der Waals surface area contributed by atoms with Crippen LogP contribution in [0.25, 0.3) is 0 Å². The Morgan fingerprint density at radius 3 is 2.32 bits per heavy atom. The van der Waals surface area contributed by atoms with Crippen LogP contribution in [0.1, 0.15) is 31.2 Å². The average molecular weight is 282 g/mol. The molecule has 0 unspecified atom stereocenters. The summed E-state index contributed by atoms with van der Waals surface area (Å²) in [6.45, 7) is 0.749. The lowest BCUT2D eigenvalue weighted by Gasteiger charge is -2.23. The summed E-state index contributed by atoms with van der Waals surface area (Å²) in [5, 5.41) is 3.05. The predicted molar refractivity (Wildman–Crippen MR) is 76.4 cm³/mol. The first kappa shape index (κ1) is 14.5. The molecule has 1 aliphatic carbocycles. The van der Waals surface area contributed by atoms with Crippen molar-refractivity contribution in [3.63, 3.8) is 0 Å². The van der Waals surface area contributed by atoms with Gasteiger partial charge in [0, 0.05) is 19.6 Å². The van der Waals surface area contributed by atoms with E-state index in [1.165, 1.54) is 0 Å². The zero-order valence-electron chi connectivity index (χ0n) is 11.6. The van der Waals surface area contributed by atoms with Crippen molar-refractivity contribution in [2.45, 2.75) is 43.2 Å². The molecule has 0 spiro atoms. The molecule has 19 heavy (non-hydrogen) atoms. The van der Waals surface area contributed by atoms with Crippen LogP contribution in [-0.4, -0.2) is 32.9 Å². The molecule has 0 aliphatic heterocycles. The van der Waals surface area contributed by atoms with E-state index in [2.05, 4.69) is 5.32 Å². The minimum absolute atomic E-state index is 0.169. The van der Waals surface area contributed by atoms with Crippen LogP contribution in [0, 0.1) is 0 Å². The van der Waals surface area contributed by atoms with Gasteiger partial charge >= 0.3 is 0 Å². The quantitative estimate of drug-likeness (QED) is 0.898. The van der Waals surface area contributed by atoms with E-state index < -0.39 is 10.0 Å². The molecule has 0 radical (unpaired) electrons. The van der Waals surface area contributed by atoms with Gasteiger partial charge in [0.1, 0.15) is 0 Å². The molecule has 0 aromatic heterocycles. The van der Waals surface area contributed by atoms with E-state index >= 15 is 0 Å². The lowest BCUT2D eigenvalue weighted by atomic mass is 10.2. The highest BCUT2D eigenvalue weighted by molar-refractivity contribution is 7.89. The first-order valence-corrected chi connectivity index (χ1v) is 8.21. The normalized spacial score (nSPS) is 17.2. The SMILES string of the molecule is CNCc1ccc(S(=O)(=O)N(C)C2CCCC2)cc1. The number of hydrogen-bond acceptors (Lipinski definition) is 3. The number of nitrogens with zero attached hydrogens (tertiary/aromatic N) is 1. The molecule has 2 rings (SSSR count). The van der Waals surface area contributed by atoms with Crippen LogP contribution in [0.2, 0.25) is 0 Å². The maximum absolute atomic E-state index is 12.5. The molecule has 0 saturated heterocycles. The summed E-state index contributed by atoms with van der Waals surface area (Å²) in [6.07, 6.45) is 4.22.